The van der Waals surface area contributed by atoms with Crippen molar-refractivity contribution >= 4 is 0 Å². The molecule has 0 fully saturated rings. The molecule has 2 aromatic carbocycles. The third-order valence-corrected chi connectivity index (χ3v) is 4.52. The van der Waals surface area contributed by atoms with E-state index in [2.05, 4.69) is 0 Å². The van der Waals surface area contributed by atoms with E-state index in [1.165, 1.54) is 19.1 Å². The van der Waals surface area contributed by atoms with Crippen LogP contribution in [0, 0.1) is 12.7 Å². The van der Waals surface area contributed by atoms with Crippen molar-refractivity contribution in [3.8, 4) is 0 Å². The van der Waals surface area contributed by atoms with Crippen molar-refractivity contribution in [1.82, 2.24) is 0 Å². The van der Waals surface area contributed by atoms with Crippen LogP contribution in [0.25, 0.3) is 0 Å². The first-order valence-electron chi connectivity index (χ1n) is 8.81. The zero-order valence-corrected chi connectivity index (χ0v) is 15.9. The molecule has 1 unspecified atom stereocenters. The number of ether oxygens (including phenoxy) is 1. The minimum atomic E-state index is -4.98. The summed E-state index contributed by atoms with van der Waals surface area (Å²) in [6.45, 7) is 0.360. The summed E-state index contributed by atoms with van der Waals surface area (Å²) in [5, 5.41) is 10.8. The van der Waals surface area contributed by atoms with Gasteiger partial charge < -0.3 is 15.6 Å². The van der Waals surface area contributed by atoms with E-state index in [1.54, 1.807) is 0 Å². The van der Waals surface area contributed by atoms with Crippen LogP contribution in [-0.4, -0.2) is 18.3 Å². The minimum absolute atomic E-state index is 0.0167. The Hall–Kier alpha value is -2.17. The summed E-state index contributed by atoms with van der Waals surface area (Å²) in [7, 11) is 0. The van der Waals surface area contributed by atoms with Crippen LogP contribution >= 0.6 is 0 Å². The van der Waals surface area contributed by atoms with Gasteiger partial charge in [-0.3, -0.25) is 0 Å². The molecule has 0 spiro atoms. The van der Waals surface area contributed by atoms with Gasteiger partial charge in [0, 0.05) is 0 Å². The topological polar surface area (TPSA) is 55.5 Å². The van der Waals surface area contributed by atoms with E-state index >= 15 is 0 Å². The first-order chi connectivity index (χ1) is 13.8. The third kappa shape index (κ3) is 5.93. The predicted octanol–water partition coefficient (Wildman–Crippen LogP) is 4.92. The second-order valence-electron chi connectivity index (χ2n) is 6.94. The minimum Gasteiger partial charge on any atom is -0.383 e. The highest BCUT2D eigenvalue weighted by atomic mass is 19.4. The number of hydrogen-bond donors (Lipinski definition) is 2. The molecule has 1 atom stereocenters. The van der Waals surface area contributed by atoms with E-state index in [-0.39, 0.29) is 30.2 Å². The fraction of sp³-hybridized carbons (Fsp3) is 0.400. The van der Waals surface area contributed by atoms with Gasteiger partial charge in [0.05, 0.1) is 24.3 Å². The Kier molecular flexibility index (Phi) is 7.16. The summed E-state index contributed by atoms with van der Waals surface area (Å²) in [4.78, 5) is 0. The van der Waals surface area contributed by atoms with Gasteiger partial charge >= 0.3 is 12.4 Å². The predicted molar refractivity (Wildman–Crippen MR) is 94.8 cm³/mol. The molecule has 0 aliphatic carbocycles. The van der Waals surface area contributed by atoms with Crippen LogP contribution in [0.4, 0.5) is 30.7 Å². The summed E-state index contributed by atoms with van der Waals surface area (Å²) < 4.78 is 96.7. The largest absolute Gasteiger partial charge is 0.416 e. The molecular formula is C20H20F7NO2. The van der Waals surface area contributed by atoms with Crippen LogP contribution in [-0.2, 0) is 29.3 Å². The first kappa shape index (κ1) is 24.1. The lowest BCUT2D eigenvalue weighted by atomic mass is 9.90. The molecule has 2 rings (SSSR count). The van der Waals surface area contributed by atoms with Crippen molar-refractivity contribution in [1.29, 1.82) is 0 Å². The molecule has 0 aromatic heterocycles. The fourth-order valence-corrected chi connectivity index (χ4v) is 2.86. The van der Waals surface area contributed by atoms with E-state index < -0.39 is 48.1 Å². The molecular weight excluding hydrogens is 419 g/mol. The maximum atomic E-state index is 13.9. The third-order valence-electron chi connectivity index (χ3n) is 4.52. The van der Waals surface area contributed by atoms with Gasteiger partial charge in [-0.1, -0.05) is 12.1 Å². The van der Waals surface area contributed by atoms with E-state index in [4.69, 9.17) is 10.5 Å². The Labute approximate surface area is 168 Å². The van der Waals surface area contributed by atoms with Crippen molar-refractivity contribution in [3.05, 3.63) is 70.0 Å². The molecule has 0 aliphatic rings. The van der Waals surface area contributed by atoms with E-state index in [0.29, 0.717) is 17.7 Å². The number of benzene rings is 2. The second-order valence-corrected chi connectivity index (χ2v) is 6.94. The summed E-state index contributed by atoms with van der Waals surface area (Å²) in [6.07, 6.45) is -10.0. The van der Waals surface area contributed by atoms with Crippen molar-refractivity contribution in [2.45, 2.75) is 37.9 Å². The van der Waals surface area contributed by atoms with Crippen LogP contribution in [0.3, 0.4) is 0 Å². The summed E-state index contributed by atoms with van der Waals surface area (Å²) in [5.74, 6) is -0.587. The van der Waals surface area contributed by atoms with Crippen molar-refractivity contribution in [3.63, 3.8) is 0 Å². The maximum absolute atomic E-state index is 13.9. The number of nitrogens with two attached hydrogens (primary N) is 1. The molecule has 0 amide bonds. The Morgan fingerprint density at radius 2 is 1.47 bits per heavy atom. The monoisotopic (exact) mass is 439 g/mol. The Morgan fingerprint density at radius 3 is 1.93 bits per heavy atom. The van der Waals surface area contributed by atoms with Crippen molar-refractivity contribution < 1.29 is 40.6 Å². The molecule has 0 aliphatic heterocycles. The molecule has 30 heavy (non-hydrogen) atoms. The van der Waals surface area contributed by atoms with Gasteiger partial charge in [-0.15, -0.1) is 0 Å². The van der Waals surface area contributed by atoms with E-state index in [9.17, 15) is 35.8 Å². The molecule has 10 heteroatoms. The van der Waals surface area contributed by atoms with Gasteiger partial charge in [0.1, 0.15) is 11.4 Å². The smallest absolute Gasteiger partial charge is 0.383 e. The van der Waals surface area contributed by atoms with Gasteiger partial charge in [0.2, 0.25) is 0 Å². The lowest BCUT2D eigenvalue weighted by molar-refractivity contribution is -0.143. The second kappa shape index (κ2) is 8.91. The standard InChI is InChI=1S/C20H20F7NO2/c1-12-2-3-14(9-17(12)21)18(29,4-5-28)11-30-10-13-6-15(19(22,23)24)8-16(7-13)20(25,26)27/h2-3,6-9,29H,4-5,10-11,28H2,1H3. The molecule has 0 heterocycles. The maximum Gasteiger partial charge on any atom is 0.416 e. The summed E-state index contributed by atoms with van der Waals surface area (Å²) in [6, 6.07) is 5.06. The average molecular weight is 439 g/mol. The Morgan fingerprint density at radius 1 is 0.900 bits per heavy atom. The highest BCUT2D eigenvalue weighted by Crippen LogP contribution is 2.36. The van der Waals surface area contributed by atoms with E-state index in [0.717, 1.165) is 6.07 Å². The first-order valence-corrected chi connectivity index (χ1v) is 8.81. The van der Waals surface area contributed by atoms with Gasteiger partial charge in [0.25, 0.3) is 0 Å². The molecule has 0 saturated carbocycles. The number of rotatable bonds is 7. The Bertz CT molecular complexity index is 848. The lowest BCUT2D eigenvalue weighted by Crippen LogP contribution is -2.34. The number of alkyl halides is 6. The van der Waals surface area contributed by atoms with Gasteiger partial charge in [-0.2, -0.15) is 26.3 Å². The molecule has 0 bridgehead atoms. The van der Waals surface area contributed by atoms with Crippen LogP contribution in [0.15, 0.2) is 36.4 Å². The number of aliphatic hydroxyl groups is 1. The highest BCUT2D eigenvalue weighted by Gasteiger charge is 2.37. The number of aryl methyl sites for hydroxylation is 1. The number of halogens is 7. The molecule has 2 aromatic rings. The quantitative estimate of drug-likeness (QED) is 0.602. The van der Waals surface area contributed by atoms with Crippen molar-refractivity contribution in [2.24, 2.45) is 5.73 Å². The van der Waals surface area contributed by atoms with Gasteiger partial charge in [0.15, 0.2) is 0 Å². The van der Waals surface area contributed by atoms with Crippen LogP contribution in [0.1, 0.15) is 34.2 Å². The lowest BCUT2D eigenvalue weighted by Gasteiger charge is -2.28. The van der Waals surface area contributed by atoms with Crippen LogP contribution in [0.5, 0.6) is 0 Å². The van der Waals surface area contributed by atoms with Gasteiger partial charge in [-0.05, 0) is 60.8 Å². The molecule has 3 nitrogen and oxygen atoms in total. The fourth-order valence-electron chi connectivity index (χ4n) is 2.86. The SMILES string of the molecule is Cc1ccc(C(O)(CCN)COCc2cc(C(F)(F)F)cc(C(F)(F)F)c2)cc1F. The van der Waals surface area contributed by atoms with Gasteiger partial charge in [-0.25, -0.2) is 4.39 Å². The summed E-state index contributed by atoms with van der Waals surface area (Å²) in [5.41, 5.74) is 0.879. The normalized spacial score (nSPS) is 14.6. The summed E-state index contributed by atoms with van der Waals surface area (Å²) >= 11 is 0. The molecule has 3 N–H and O–H groups in total. The molecule has 0 saturated heterocycles. The van der Waals surface area contributed by atoms with Crippen LogP contribution in [0.2, 0.25) is 0 Å². The van der Waals surface area contributed by atoms with E-state index in [1.807, 2.05) is 0 Å². The zero-order valence-electron chi connectivity index (χ0n) is 15.9. The number of hydrogen-bond acceptors (Lipinski definition) is 3. The zero-order chi connectivity index (χ0) is 22.7. The molecule has 0 radical (unpaired) electrons. The van der Waals surface area contributed by atoms with Crippen LogP contribution < -0.4 is 5.73 Å². The Balaban J connectivity index is 2.25. The highest BCUT2D eigenvalue weighted by molar-refractivity contribution is 5.33. The average Bonchev–Trinajstić information content (AvgIpc) is 2.62. The van der Waals surface area contributed by atoms with Crippen molar-refractivity contribution in [2.75, 3.05) is 13.2 Å². The molecule has 166 valence electrons.